The largest absolute Gasteiger partial charge is 0.375 e. The van der Waals surface area contributed by atoms with Crippen molar-refractivity contribution in [2.45, 2.75) is 19.8 Å². The van der Waals surface area contributed by atoms with E-state index in [1.54, 1.807) is 6.92 Å². The van der Waals surface area contributed by atoms with Gasteiger partial charge in [-0.05, 0) is 19.3 Å². The van der Waals surface area contributed by atoms with E-state index in [1.807, 2.05) is 0 Å². The first-order chi connectivity index (χ1) is 9.47. The number of nitrogens with one attached hydrogen (secondary N) is 2. The molecule has 0 bridgehead atoms. The molecule has 20 heavy (non-hydrogen) atoms. The number of allylic oxidation sites excluding steroid dienone is 2. The number of Topliss-reactive ketones (excluding diaryl/α,β-unsaturated/α-hetero) is 2. The molecular formula is C13H16F2N2O3. The van der Waals surface area contributed by atoms with Gasteiger partial charge in [-0.15, -0.1) is 0 Å². The van der Waals surface area contributed by atoms with Crippen LogP contribution >= 0.6 is 0 Å². The summed E-state index contributed by atoms with van der Waals surface area (Å²) < 4.78 is 30.2. The molecule has 0 radical (unpaired) electrons. The number of rotatable bonds is 8. The van der Waals surface area contributed by atoms with Crippen molar-refractivity contribution in [1.82, 2.24) is 5.32 Å². The molecule has 2 unspecified atom stereocenters. The molecule has 110 valence electrons. The van der Waals surface area contributed by atoms with Crippen LogP contribution in [0.5, 0.6) is 0 Å². The van der Waals surface area contributed by atoms with Gasteiger partial charge in [0.2, 0.25) is 0 Å². The van der Waals surface area contributed by atoms with Crippen molar-refractivity contribution >= 4 is 17.3 Å². The van der Waals surface area contributed by atoms with Crippen molar-refractivity contribution in [3.63, 3.8) is 0 Å². The number of carbonyl (C=O) groups is 2. The molecule has 0 aliphatic heterocycles. The molecule has 0 aromatic rings. The lowest BCUT2D eigenvalue weighted by Crippen LogP contribution is -2.30. The van der Waals surface area contributed by atoms with Crippen molar-refractivity contribution in [2.24, 2.45) is 11.8 Å². The first kappa shape index (κ1) is 14.8. The summed E-state index contributed by atoms with van der Waals surface area (Å²) in [5.41, 5.74) is -0.719. The number of hydrogen-bond donors (Lipinski definition) is 2. The van der Waals surface area contributed by atoms with E-state index in [0.29, 0.717) is 13.0 Å². The number of ether oxygens (including phenoxy) is 1. The average Bonchev–Trinajstić information content (AvgIpc) is 3.14. The van der Waals surface area contributed by atoms with Crippen LogP contribution in [0, 0.1) is 17.2 Å². The molecule has 0 saturated heterocycles. The molecule has 0 spiro atoms. The Hall–Kier alpha value is -1.63. The molecule has 5 nitrogen and oxygen atoms in total. The molecule has 2 aliphatic carbocycles. The molecule has 0 aromatic heterocycles. The van der Waals surface area contributed by atoms with Crippen LogP contribution < -0.4 is 5.32 Å². The van der Waals surface area contributed by atoms with Gasteiger partial charge >= 0.3 is 0 Å². The Labute approximate surface area is 114 Å². The predicted molar refractivity (Wildman–Crippen MR) is 66.9 cm³/mol. The standard InChI is InChI=1S/C13H16F2N2O3/c1-2-20-5-6(18)4-17-11-9(10(16)13(14)15)7-3-8(7)12(11)19/h7-8,13,16-17H,2-5H2,1H3. The lowest BCUT2D eigenvalue weighted by molar-refractivity contribution is -0.122. The smallest absolute Gasteiger partial charge is 0.280 e. The first-order valence-corrected chi connectivity index (χ1v) is 6.46. The zero-order chi connectivity index (χ0) is 14.9. The fourth-order valence-corrected chi connectivity index (χ4v) is 2.40. The summed E-state index contributed by atoms with van der Waals surface area (Å²) >= 11 is 0. The summed E-state index contributed by atoms with van der Waals surface area (Å²) in [4.78, 5) is 23.4. The van der Waals surface area contributed by atoms with E-state index in [4.69, 9.17) is 10.1 Å². The van der Waals surface area contributed by atoms with Crippen LogP contribution in [0.1, 0.15) is 13.3 Å². The summed E-state index contributed by atoms with van der Waals surface area (Å²) in [5.74, 6) is -1.09. The van der Waals surface area contributed by atoms with Gasteiger partial charge in [0.05, 0.1) is 12.2 Å². The maximum Gasteiger partial charge on any atom is 0.280 e. The Morgan fingerprint density at radius 2 is 2.20 bits per heavy atom. The Balaban J connectivity index is 2.04. The van der Waals surface area contributed by atoms with Gasteiger partial charge < -0.3 is 10.1 Å². The van der Waals surface area contributed by atoms with Crippen molar-refractivity contribution in [1.29, 1.82) is 5.41 Å². The third-order valence-electron chi connectivity index (χ3n) is 3.45. The molecule has 1 saturated carbocycles. The Morgan fingerprint density at radius 1 is 1.50 bits per heavy atom. The van der Waals surface area contributed by atoms with Crippen molar-refractivity contribution in [3.05, 3.63) is 11.3 Å². The fraction of sp³-hybridized carbons (Fsp3) is 0.615. The van der Waals surface area contributed by atoms with E-state index >= 15 is 0 Å². The number of alkyl halides is 2. The normalized spacial score (nSPS) is 24.1. The van der Waals surface area contributed by atoms with Gasteiger partial charge in [0.1, 0.15) is 12.3 Å². The molecule has 0 heterocycles. The monoisotopic (exact) mass is 286 g/mol. The molecule has 0 amide bonds. The van der Waals surface area contributed by atoms with E-state index < -0.39 is 12.1 Å². The molecule has 1 fully saturated rings. The number of carbonyl (C=O) groups excluding carboxylic acids is 2. The SMILES string of the molecule is CCOCC(=O)CNC1=C(C(=N)C(F)F)C2CC2C1=O. The second kappa shape index (κ2) is 5.78. The minimum Gasteiger partial charge on any atom is -0.375 e. The van der Waals surface area contributed by atoms with E-state index in [-0.39, 0.29) is 47.8 Å². The maximum absolute atomic E-state index is 12.7. The topological polar surface area (TPSA) is 79.2 Å². The van der Waals surface area contributed by atoms with Gasteiger partial charge in [-0.3, -0.25) is 15.0 Å². The number of ketones is 2. The summed E-state index contributed by atoms with van der Waals surface area (Å²) in [5, 5.41) is 10.0. The molecule has 0 aromatic carbocycles. The Morgan fingerprint density at radius 3 is 2.80 bits per heavy atom. The third-order valence-corrected chi connectivity index (χ3v) is 3.45. The molecule has 2 atom stereocenters. The molecule has 7 heteroatoms. The minimum absolute atomic E-state index is 0.0152. The van der Waals surface area contributed by atoms with Gasteiger partial charge in [0.15, 0.2) is 11.6 Å². The summed E-state index contributed by atoms with van der Waals surface area (Å²) in [6, 6.07) is 0. The first-order valence-electron chi connectivity index (χ1n) is 6.46. The summed E-state index contributed by atoms with van der Waals surface area (Å²) in [6.07, 6.45) is -2.38. The highest BCUT2D eigenvalue weighted by Gasteiger charge is 2.55. The second-order valence-electron chi connectivity index (χ2n) is 4.85. The molecule has 2 aliphatic rings. The zero-order valence-corrected chi connectivity index (χ0v) is 11.0. The highest BCUT2D eigenvalue weighted by atomic mass is 19.3. The van der Waals surface area contributed by atoms with Crippen molar-refractivity contribution in [3.8, 4) is 0 Å². The van der Waals surface area contributed by atoms with Gasteiger partial charge in [-0.25, -0.2) is 8.78 Å². The van der Waals surface area contributed by atoms with Crippen LogP contribution in [0.15, 0.2) is 11.3 Å². The van der Waals surface area contributed by atoms with Crippen LogP contribution in [-0.2, 0) is 14.3 Å². The molecule has 2 rings (SSSR count). The predicted octanol–water partition coefficient (Wildman–Crippen LogP) is 0.939. The van der Waals surface area contributed by atoms with Crippen LogP contribution in [0.3, 0.4) is 0 Å². The van der Waals surface area contributed by atoms with E-state index in [0.717, 1.165) is 0 Å². The van der Waals surface area contributed by atoms with Crippen LogP contribution in [0.2, 0.25) is 0 Å². The van der Waals surface area contributed by atoms with Gasteiger partial charge in [-0.1, -0.05) is 0 Å². The van der Waals surface area contributed by atoms with E-state index in [9.17, 15) is 18.4 Å². The minimum atomic E-state index is -2.91. The average molecular weight is 286 g/mol. The maximum atomic E-state index is 12.7. The van der Waals surface area contributed by atoms with Gasteiger partial charge in [-0.2, -0.15) is 0 Å². The zero-order valence-electron chi connectivity index (χ0n) is 11.0. The molecule has 2 N–H and O–H groups in total. The number of hydrogen-bond acceptors (Lipinski definition) is 5. The van der Waals surface area contributed by atoms with Crippen LogP contribution in [-0.4, -0.2) is 43.5 Å². The number of halogens is 2. The lowest BCUT2D eigenvalue weighted by Gasteiger charge is -2.12. The highest BCUT2D eigenvalue weighted by molar-refractivity contribution is 6.15. The lowest BCUT2D eigenvalue weighted by atomic mass is 10.1. The van der Waals surface area contributed by atoms with E-state index in [2.05, 4.69) is 5.32 Å². The van der Waals surface area contributed by atoms with Crippen molar-refractivity contribution in [2.75, 3.05) is 19.8 Å². The summed E-state index contributed by atoms with van der Waals surface area (Å²) in [6.45, 7) is 1.91. The van der Waals surface area contributed by atoms with E-state index in [1.165, 1.54) is 0 Å². The molecular weight excluding hydrogens is 270 g/mol. The number of fused-ring (bicyclic) bond motifs is 1. The second-order valence-corrected chi connectivity index (χ2v) is 4.85. The van der Waals surface area contributed by atoms with Gasteiger partial charge in [0.25, 0.3) is 6.43 Å². The Bertz CT molecular complexity index is 488. The fourth-order valence-electron chi connectivity index (χ4n) is 2.40. The van der Waals surface area contributed by atoms with Gasteiger partial charge in [0, 0.05) is 18.1 Å². The third kappa shape index (κ3) is 2.77. The quantitative estimate of drug-likeness (QED) is 0.651. The van der Waals surface area contributed by atoms with Crippen LogP contribution in [0.25, 0.3) is 0 Å². The Kier molecular flexibility index (Phi) is 4.27. The van der Waals surface area contributed by atoms with Crippen molar-refractivity contribution < 1.29 is 23.1 Å². The summed E-state index contributed by atoms with van der Waals surface area (Å²) in [7, 11) is 0. The highest BCUT2D eigenvalue weighted by Crippen LogP contribution is 2.52. The van der Waals surface area contributed by atoms with Crippen LogP contribution in [0.4, 0.5) is 8.78 Å².